The van der Waals surface area contributed by atoms with Crippen LogP contribution in [0.5, 0.6) is 0 Å². The van der Waals surface area contributed by atoms with E-state index in [0.717, 1.165) is 5.56 Å². The average molecular weight is 343 g/mol. The third-order valence-electron chi connectivity index (χ3n) is 2.66. The maximum Gasteiger partial charge on any atom is 0.492 e. The first-order valence-electron chi connectivity index (χ1n) is 5.52. The lowest BCUT2D eigenvalue weighted by Gasteiger charge is -2.13. The summed E-state index contributed by atoms with van der Waals surface area (Å²) in [5.74, 6) is 0.324. The second kappa shape index (κ2) is 6.16. The van der Waals surface area contributed by atoms with Gasteiger partial charge in [-0.05, 0) is 21.2 Å². The standard InChI is InChI=1S/C11H11BrN4O2S/c12-10-13-11(16(17)18)14-15(10)6-9(7-19)8-4-2-1-3-5-8/h1-5,9,19H,6-7H2. The number of benzene rings is 1. The van der Waals surface area contributed by atoms with Crippen LogP contribution in [0.4, 0.5) is 5.95 Å². The molecule has 0 N–H and O–H groups in total. The van der Waals surface area contributed by atoms with Gasteiger partial charge in [0.15, 0.2) is 0 Å². The molecule has 1 aromatic carbocycles. The number of nitro groups is 1. The number of rotatable bonds is 5. The molecule has 6 nitrogen and oxygen atoms in total. The minimum Gasteiger partial charge on any atom is -0.390 e. The van der Waals surface area contributed by atoms with Crippen LogP contribution in [0.25, 0.3) is 0 Å². The summed E-state index contributed by atoms with van der Waals surface area (Å²) in [4.78, 5) is 13.7. The highest BCUT2D eigenvalue weighted by Crippen LogP contribution is 2.22. The van der Waals surface area contributed by atoms with Gasteiger partial charge in [0.25, 0.3) is 4.73 Å². The first-order chi connectivity index (χ1) is 9.11. The molecule has 19 heavy (non-hydrogen) atoms. The quantitative estimate of drug-likeness (QED) is 0.515. The van der Waals surface area contributed by atoms with Gasteiger partial charge in [-0.15, -0.1) is 0 Å². The van der Waals surface area contributed by atoms with E-state index in [0.29, 0.717) is 17.0 Å². The Morgan fingerprint density at radius 2 is 2.11 bits per heavy atom. The van der Waals surface area contributed by atoms with E-state index in [1.165, 1.54) is 4.68 Å². The van der Waals surface area contributed by atoms with Crippen molar-refractivity contribution in [2.45, 2.75) is 12.5 Å². The summed E-state index contributed by atoms with van der Waals surface area (Å²) in [7, 11) is 0. The topological polar surface area (TPSA) is 73.8 Å². The molecule has 0 bridgehead atoms. The van der Waals surface area contributed by atoms with Gasteiger partial charge in [-0.25, -0.2) is 0 Å². The number of nitrogens with zero attached hydrogens (tertiary/aromatic N) is 4. The fraction of sp³-hybridized carbons (Fsp3) is 0.273. The number of hydrogen-bond acceptors (Lipinski definition) is 5. The summed E-state index contributed by atoms with van der Waals surface area (Å²) in [6.45, 7) is 0.481. The van der Waals surface area contributed by atoms with E-state index in [-0.39, 0.29) is 5.92 Å². The van der Waals surface area contributed by atoms with Crippen LogP contribution in [0.1, 0.15) is 11.5 Å². The fourth-order valence-corrected chi connectivity index (χ4v) is 2.42. The molecule has 0 saturated carbocycles. The Kier molecular flexibility index (Phi) is 4.54. The van der Waals surface area contributed by atoms with Crippen LogP contribution < -0.4 is 0 Å². The summed E-state index contributed by atoms with van der Waals surface area (Å²) >= 11 is 7.50. The summed E-state index contributed by atoms with van der Waals surface area (Å²) in [6.07, 6.45) is 0. The van der Waals surface area contributed by atoms with Crippen LogP contribution in [-0.4, -0.2) is 25.4 Å². The lowest BCUT2D eigenvalue weighted by Crippen LogP contribution is -2.12. The van der Waals surface area contributed by atoms with E-state index in [1.807, 2.05) is 30.3 Å². The predicted octanol–water partition coefficient (Wildman–Crippen LogP) is 2.66. The van der Waals surface area contributed by atoms with Gasteiger partial charge in [-0.1, -0.05) is 30.3 Å². The Hall–Kier alpha value is -1.41. The largest absolute Gasteiger partial charge is 0.492 e. The highest BCUT2D eigenvalue weighted by atomic mass is 79.9. The zero-order valence-corrected chi connectivity index (χ0v) is 12.3. The number of thiol groups is 1. The van der Waals surface area contributed by atoms with Crippen molar-refractivity contribution in [3.63, 3.8) is 0 Å². The van der Waals surface area contributed by atoms with Crippen LogP contribution in [-0.2, 0) is 6.54 Å². The van der Waals surface area contributed by atoms with Gasteiger partial charge in [0.1, 0.15) is 0 Å². The van der Waals surface area contributed by atoms with E-state index < -0.39 is 10.9 Å². The third-order valence-corrected chi connectivity index (χ3v) is 3.69. The third kappa shape index (κ3) is 3.32. The maximum atomic E-state index is 10.6. The Morgan fingerprint density at radius 3 is 2.63 bits per heavy atom. The van der Waals surface area contributed by atoms with Crippen LogP contribution in [0, 0.1) is 10.1 Å². The molecule has 0 fully saturated rings. The first-order valence-corrected chi connectivity index (χ1v) is 6.95. The molecule has 0 aliphatic rings. The highest BCUT2D eigenvalue weighted by Gasteiger charge is 2.22. The summed E-state index contributed by atoms with van der Waals surface area (Å²) in [5, 5.41) is 14.5. The normalized spacial score (nSPS) is 12.3. The molecular weight excluding hydrogens is 332 g/mol. The minimum atomic E-state index is -0.612. The van der Waals surface area contributed by atoms with Gasteiger partial charge >= 0.3 is 5.95 Å². The second-order valence-corrected chi connectivity index (χ2v) is 4.98. The first kappa shape index (κ1) is 14.0. The molecular formula is C11H11BrN4O2S. The van der Waals surface area contributed by atoms with Crippen molar-refractivity contribution >= 4 is 34.5 Å². The van der Waals surface area contributed by atoms with Gasteiger partial charge in [0.05, 0.1) is 6.54 Å². The van der Waals surface area contributed by atoms with Gasteiger partial charge in [-0.2, -0.15) is 17.3 Å². The van der Waals surface area contributed by atoms with E-state index >= 15 is 0 Å². The highest BCUT2D eigenvalue weighted by molar-refractivity contribution is 9.10. The van der Waals surface area contributed by atoms with Gasteiger partial charge in [-0.3, -0.25) is 0 Å². The number of hydrogen-bond donors (Lipinski definition) is 1. The number of halogens is 1. The van der Waals surface area contributed by atoms with E-state index in [2.05, 4.69) is 38.6 Å². The van der Waals surface area contributed by atoms with Crippen molar-refractivity contribution in [1.82, 2.24) is 14.8 Å². The monoisotopic (exact) mass is 342 g/mol. The number of aromatic nitrogens is 3. The molecule has 8 heteroatoms. The minimum absolute atomic E-state index is 0.113. The van der Waals surface area contributed by atoms with Gasteiger partial charge < -0.3 is 10.1 Å². The van der Waals surface area contributed by atoms with Crippen LogP contribution in [0.3, 0.4) is 0 Å². The zero-order chi connectivity index (χ0) is 13.8. The van der Waals surface area contributed by atoms with E-state index in [1.54, 1.807) is 0 Å². The van der Waals surface area contributed by atoms with Crippen LogP contribution >= 0.6 is 28.6 Å². The Balaban J connectivity index is 2.21. The van der Waals surface area contributed by atoms with Crippen molar-refractivity contribution in [2.75, 3.05) is 5.75 Å². The smallest absolute Gasteiger partial charge is 0.390 e. The Labute approximate surface area is 123 Å². The maximum absolute atomic E-state index is 10.6. The van der Waals surface area contributed by atoms with E-state index in [4.69, 9.17) is 0 Å². The molecule has 1 unspecified atom stereocenters. The summed E-state index contributed by atoms with van der Waals surface area (Å²) < 4.78 is 1.83. The molecule has 0 amide bonds. The molecule has 2 rings (SSSR count). The molecule has 1 aromatic heterocycles. The molecule has 1 heterocycles. The molecule has 0 spiro atoms. The van der Waals surface area contributed by atoms with Crippen molar-refractivity contribution < 1.29 is 4.92 Å². The molecule has 2 aromatic rings. The second-order valence-electron chi connectivity index (χ2n) is 3.91. The van der Waals surface area contributed by atoms with Crippen molar-refractivity contribution in [3.8, 4) is 0 Å². The molecule has 0 radical (unpaired) electrons. The molecule has 1 atom stereocenters. The molecule has 0 aliphatic carbocycles. The van der Waals surface area contributed by atoms with Gasteiger partial charge in [0.2, 0.25) is 0 Å². The van der Waals surface area contributed by atoms with Crippen molar-refractivity contribution in [3.05, 3.63) is 50.7 Å². The lowest BCUT2D eigenvalue weighted by atomic mass is 10.0. The van der Waals surface area contributed by atoms with Crippen LogP contribution in [0.15, 0.2) is 35.1 Å². The lowest BCUT2D eigenvalue weighted by molar-refractivity contribution is -0.394. The fourth-order valence-electron chi connectivity index (χ4n) is 1.71. The van der Waals surface area contributed by atoms with Crippen molar-refractivity contribution in [1.29, 1.82) is 0 Å². The molecule has 0 saturated heterocycles. The zero-order valence-electron chi connectivity index (χ0n) is 9.81. The molecule has 100 valence electrons. The predicted molar refractivity (Wildman–Crippen MR) is 77.4 cm³/mol. The summed E-state index contributed by atoms with van der Waals surface area (Å²) in [6, 6.07) is 9.84. The van der Waals surface area contributed by atoms with E-state index in [9.17, 15) is 10.1 Å². The van der Waals surface area contributed by atoms with Gasteiger partial charge in [0, 0.05) is 26.9 Å². The summed E-state index contributed by atoms with van der Waals surface area (Å²) in [5.41, 5.74) is 1.11. The Bertz CT molecular complexity index is 575. The molecule has 0 aliphatic heterocycles. The van der Waals surface area contributed by atoms with Crippen molar-refractivity contribution in [2.24, 2.45) is 0 Å². The average Bonchev–Trinajstić information content (AvgIpc) is 2.78. The Morgan fingerprint density at radius 1 is 1.42 bits per heavy atom. The van der Waals surface area contributed by atoms with Crippen LogP contribution in [0.2, 0.25) is 0 Å². The SMILES string of the molecule is O=[N+]([O-])c1nc(Br)n(CC(CS)c2ccccc2)n1.